The maximum atomic E-state index is 11.8. The van der Waals surface area contributed by atoms with Crippen LogP contribution in [0.1, 0.15) is 0 Å². The molecular formula is C12H12ClN5O. The van der Waals surface area contributed by atoms with Gasteiger partial charge in [-0.15, -0.1) is 0 Å². The Hall–Kier alpha value is -2.28. The molecule has 19 heavy (non-hydrogen) atoms. The number of nitrogens with two attached hydrogens (primary N) is 1. The van der Waals surface area contributed by atoms with Crippen LogP contribution in [0.25, 0.3) is 0 Å². The van der Waals surface area contributed by atoms with E-state index in [-0.39, 0.29) is 25.5 Å². The molecule has 1 amide bonds. The van der Waals surface area contributed by atoms with Crippen molar-refractivity contribution in [1.29, 1.82) is 10.5 Å². The summed E-state index contributed by atoms with van der Waals surface area (Å²) < 4.78 is 0. The van der Waals surface area contributed by atoms with Crippen molar-refractivity contribution in [2.45, 2.75) is 0 Å². The summed E-state index contributed by atoms with van der Waals surface area (Å²) in [5.74, 6) is -0.362. The van der Waals surface area contributed by atoms with Gasteiger partial charge in [0.15, 0.2) is 0 Å². The van der Waals surface area contributed by atoms with E-state index in [1.807, 2.05) is 12.1 Å². The van der Waals surface area contributed by atoms with Crippen LogP contribution in [0.4, 0.5) is 11.4 Å². The number of rotatable bonds is 5. The van der Waals surface area contributed by atoms with Gasteiger partial charge in [-0.2, -0.15) is 10.5 Å². The summed E-state index contributed by atoms with van der Waals surface area (Å²) in [7, 11) is 0. The van der Waals surface area contributed by atoms with Crippen LogP contribution in [0.3, 0.4) is 0 Å². The average molecular weight is 278 g/mol. The molecule has 0 fully saturated rings. The van der Waals surface area contributed by atoms with E-state index in [1.54, 1.807) is 12.1 Å². The van der Waals surface area contributed by atoms with Gasteiger partial charge in [0.25, 0.3) is 0 Å². The summed E-state index contributed by atoms with van der Waals surface area (Å²) in [4.78, 5) is 13.2. The fourth-order valence-corrected chi connectivity index (χ4v) is 1.57. The number of nitrogens with zero attached hydrogens (tertiary/aromatic N) is 3. The quantitative estimate of drug-likeness (QED) is 0.621. The number of anilines is 2. The first-order valence-electron chi connectivity index (χ1n) is 5.38. The first kappa shape index (κ1) is 14.8. The van der Waals surface area contributed by atoms with Gasteiger partial charge in [0.05, 0.1) is 43.1 Å². The van der Waals surface area contributed by atoms with Crippen LogP contribution in [0.15, 0.2) is 18.2 Å². The van der Waals surface area contributed by atoms with E-state index >= 15 is 0 Å². The van der Waals surface area contributed by atoms with Gasteiger partial charge in [-0.1, -0.05) is 11.6 Å². The van der Waals surface area contributed by atoms with Gasteiger partial charge in [0.2, 0.25) is 5.91 Å². The summed E-state index contributed by atoms with van der Waals surface area (Å²) in [6.45, 7) is -0.0505. The first-order chi connectivity index (χ1) is 9.06. The van der Waals surface area contributed by atoms with Crippen LogP contribution in [-0.2, 0) is 4.79 Å². The lowest BCUT2D eigenvalue weighted by atomic mass is 10.2. The Kier molecular flexibility index (Phi) is 5.62. The van der Waals surface area contributed by atoms with Gasteiger partial charge < -0.3 is 11.1 Å². The molecule has 0 aromatic heterocycles. The number of amides is 1. The monoisotopic (exact) mass is 277 g/mol. The minimum Gasteiger partial charge on any atom is -0.397 e. The third-order valence-electron chi connectivity index (χ3n) is 2.25. The Bertz CT molecular complexity index is 530. The fraction of sp³-hybridized carbons (Fsp3) is 0.250. The maximum Gasteiger partial charge on any atom is 0.238 e. The maximum absolute atomic E-state index is 11.8. The van der Waals surface area contributed by atoms with Crippen molar-refractivity contribution in [1.82, 2.24) is 4.90 Å². The Labute approximate surface area is 116 Å². The molecule has 7 heteroatoms. The molecule has 0 aliphatic heterocycles. The molecule has 0 saturated heterocycles. The lowest BCUT2D eigenvalue weighted by molar-refractivity contribution is -0.117. The number of halogens is 1. The van der Waals surface area contributed by atoms with E-state index in [2.05, 4.69) is 5.32 Å². The molecule has 0 heterocycles. The smallest absolute Gasteiger partial charge is 0.238 e. The Morgan fingerprint density at radius 1 is 1.37 bits per heavy atom. The Morgan fingerprint density at radius 3 is 2.58 bits per heavy atom. The average Bonchev–Trinajstić information content (AvgIpc) is 2.34. The lowest BCUT2D eigenvalue weighted by Crippen LogP contribution is -2.34. The third kappa shape index (κ3) is 4.84. The second-order valence-corrected chi connectivity index (χ2v) is 4.18. The van der Waals surface area contributed by atoms with E-state index in [0.29, 0.717) is 16.4 Å². The predicted octanol–water partition coefficient (Wildman–Crippen LogP) is 1.21. The Balaban J connectivity index is 2.67. The molecule has 98 valence electrons. The zero-order valence-corrected chi connectivity index (χ0v) is 10.8. The standard InChI is InChI=1S/C12H12ClN5O/c13-9-1-2-10(16)11(7-9)17-12(19)8-18(5-3-14)6-4-15/h1-2,7H,5-6,8,16H2,(H,17,19). The SMILES string of the molecule is N#CCN(CC#N)CC(=O)Nc1cc(Cl)ccc1N. The summed E-state index contributed by atoms with van der Waals surface area (Å²) in [5.41, 5.74) is 6.50. The summed E-state index contributed by atoms with van der Waals surface area (Å²) in [5, 5.41) is 20.2. The number of nitrogen functional groups attached to an aromatic ring is 1. The minimum atomic E-state index is -0.362. The molecule has 1 aromatic carbocycles. The highest BCUT2D eigenvalue weighted by Gasteiger charge is 2.11. The van der Waals surface area contributed by atoms with Crippen molar-refractivity contribution in [3.05, 3.63) is 23.2 Å². The third-order valence-corrected chi connectivity index (χ3v) is 2.48. The normalized spacial score (nSPS) is 9.68. The molecule has 0 saturated carbocycles. The van der Waals surface area contributed by atoms with E-state index < -0.39 is 0 Å². The van der Waals surface area contributed by atoms with E-state index in [9.17, 15) is 4.79 Å². The number of benzene rings is 1. The molecule has 0 aliphatic rings. The van der Waals surface area contributed by atoms with Gasteiger partial charge in [-0.3, -0.25) is 9.69 Å². The number of nitrogens with one attached hydrogen (secondary N) is 1. The Morgan fingerprint density at radius 2 is 2.00 bits per heavy atom. The number of carbonyl (C=O) groups excluding carboxylic acids is 1. The second kappa shape index (κ2) is 7.22. The van der Waals surface area contributed by atoms with E-state index in [4.69, 9.17) is 27.9 Å². The largest absolute Gasteiger partial charge is 0.397 e. The zero-order chi connectivity index (χ0) is 14.3. The molecule has 3 N–H and O–H groups in total. The molecule has 6 nitrogen and oxygen atoms in total. The molecule has 0 bridgehead atoms. The highest BCUT2D eigenvalue weighted by Crippen LogP contribution is 2.22. The fourth-order valence-electron chi connectivity index (χ4n) is 1.40. The molecular weight excluding hydrogens is 266 g/mol. The van der Waals surface area contributed by atoms with Crippen molar-refractivity contribution in [3.8, 4) is 12.1 Å². The van der Waals surface area contributed by atoms with Crippen molar-refractivity contribution >= 4 is 28.9 Å². The van der Waals surface area contributed by atoms with Crippen LogP contribution in [0, 0.1) is 22.7 Å². The van der Waals surface area contributed by atoms with Crippen LogP contribution in [0.5, 0.6) is 0 Å². The van der Waals surface area contributed by atoms with Crippen molar-refractivity contribution in [3.63, 3.8) is 0 Å². The van der Waals surface area contributed by atoms with Gasteiger partial charge in [0, 0.05) is 5.02 Å². The van der Waals surface area contributed by atoms with Crippen LogP contribution in [-0.4, -0.2) is 30.4 Å². The van der Waals surface area contributed by atoms with Crippen molar-refractivity contribution < 1.29 is 4.79 Å². The van der Waals surface area contributed by atoms with E-state index in [1.165, 1.54) is 11.0 Å². The minimum absolute atomic E-state index is 0.00596. The van der Waals surface area contributed by atoms with Crippen LogP contribution < -0.4 is 11.1 Å². The molecule has 0 unspecified atom stereocenters. The van der Waals surface area contributed by atoms with Gasteiger partial charge in [-0.25, -0.2) is 0 Å². The molecule has 0 aliphatic carbocycles. The summed E-state index contributed by atoms with van der Waals surface area (Å²) in [6, 6.07) is 8.52. The van der Waals surface area contributed by atoms with Crippen molar-refractivity contribution in [2.24, 2.45) is 0 Å². The van der Waals surface area contributed by atoms with Crippen LogP contribution in [0.2, 0.25) is 5.02 Å². The molecule has 0 spiro atoms. The summed E-state index contributed by atoms with van der Waals surface area (Å²) in [6.07, 6.45) is 0. The van der Waals surface area contributed by atoms with Crippen LogP contribution >= 0.6 is 11.6 Å². The molecule has 0 atom stereocenters. The van der Waals surface area contributed by atoms with Gasteiger partial charge >= 0.3 is 0 Å². The first-order valence-corrected chi connectivity index (χ1v) is 5.75. The second-order valence-electron chi connectivity index (χ2n) is 3.74. The number of hydrogen-bond acceptors (Lipinski definition) is 5. The topological polar surface area (TPSA) is 106 Å². The van der Waals surface area contributed by atoms with E-state index in [0.717, 1.165) is 0 Å². The number of hydrogen-bond donors (Lipinski definition) is 2. The molecule has 0 radical (unpaired) electrons. The number of nitriles is 2. The van der Waals surface area contributed by atoms with Gasteiger partial charge in [0.1, 0.15) is 0 Å². The lowest BCUT2D eigenvalue weighted by Gasteiger charge is -2.15. The molecule has 1 aromatic rings. The predicted molar refractivity (Wildman–Crippen MR) is 72.2 cm³/mol. The molecule has 1 rings (SSSR count). The highest BCUT2D eigenvalue weighted by atomic mass is 35.5. The summed E-state index contributed by atoms with van der Waals surface area (Å²) >= 11 is 5.80. The highest BCUT2D eigenvalue weighted by molar-refractivity contribution is 6.31. The zero-order valence-electron chi connectivity index (χ0n) is 10.1. The van der Waals surface area contributed by atoms with Gasteiger partial charge in [-0.05, 0) is 18.2 Å². The number of carbonyl (C=O) groups is 1. The van der Waals surface area contributed by atoms with Crippen molar-refractivity contribution in [2.75, 3.05) is 30.7 Å².